The predicted octanol–water partition coefficient (Wildman–Crippen LogP) is 5.10. The van der Waals surface area contributed by atoms with Crippen LogP contribution in [0.5, 0.6) is 0 Å². The van der Waals surface area contributed by atoms with E-state index in [9.17, 15) is 14.4 Å². The summed E-state index contributed by atoms with van der Waals surface area (Å²) in [5.41, 5.74) is 2.62. The van der Waals surface area contributed by atoms with Crippen molar-refractivity contribution in [3.63, 3.8) is 0 Å². The standard InChI is InChI=1S/C32H40N4O3/c1-32(2,3)21-15-17-23(18-16-21)36(31(39)27-14-9-19-33-27)29(30(38)34-22-10-5-4-6-11-22)25-20-28(37)35-26-13-8-7-12-24(25)26/h7-8,12-13,15-18,20,22,27,29,33H,4-6,9-11,14,19H2,1-3H3,(H,34,38)(H,35,37). The van der Waals surface area contributed by atoms with E-state index in [0.29, 0.717) is 23.2 Å². The molecular formula is C32H40N4O3. The maximum absolute atomic E-state index is 14.3. The molecule has 3 N–H and O–H groups in total. The molecule has 2 fully saturated rings. The molecule has 0 radical (unpaired) electrons. The normalized spacial score (nSPS) is 19.1. The molecular weight excluding hydrogens is 488 g/mol. The van der Waals surface area contributed by atoms with E-state index >= 15 is 0 Å². The molecule has 2 heterocycles. The fourth-order valence-corrected chi connectivity index (χ4v) is 5.97. The number of rotatable bonds is 6. The summed E-state index contributed by atoms with van der Waals surface area (Å²) in [6.07, 6.45) is 6.79. The molecule has 2 unspecified atom stereocenters. The van der Waals surface area contributed by atoms with Gasteiger partial charge in [0.1, 0.15) is 6.04 Å². The van der Waals surface area contributed by atoms with E-state index in [2.05, 4.69) is 36.4 Å². The number of carbonyl (C=O) groups excluding carboxylic acids is 2. The van der Waals surface area contributed by atoms with Crippen LogP contribution in [0.3, 0.4) is 0 Å². The van der Waals surface area contributed by atoms with E-state index < -0.39 is 6.04 Å². The second-order valence-electron chi connectivity index (χ2n) is 12.0. The minimum atomic E-state index is -0.991. The zero-order chi connectivity index (χ0) is 27.6. The van der Waals surface area contributed by atoms with E-state index in [1.165, 1.54) is 12.5 Å². The molecule has 2 aliphatic rings. The Labute approximate surface area is 230 Å². The Morgan fingerprint density at radius 1 is 0.949 bits per heavy atom. The van der Waals surface area contributed by atoms with Gasteiger partial charge in [0.25, 0.3) is 0 Å². The quantitative estimate of drug-likeness (QED) is 0.415. The van der Waals surface area contributed by atoms with Crippen LogP contribution in [0.1, 0.15) is 82.9 Å². The molecule has 7 nitrogen and oxygen atoms in total. The largest absolute Gasteiger partial charge is 0.351 e. The van der Waals surface area contributed by atoms with E-state index in [4.69, 9.17) is 0 Å². The van der Waals surface area contributed by atoms with Crippen LogP contribution in [-0.2, 0) is 15.0 Å². The average molecular weight is 529 g/mol. The Morgan fingerprint density at radius 2 is 1.67 bits per heavy atom. The molecule has 2 amide bonds. The van der Waals surface area contributed by atoms with Crippen molar-refractivity contribution in [3.05, 3.63) is 76.1 Å². The SMILES string of the molecule is CC(C)(C)c1ccc(N(C(=O)C2CCCN2)C(C(=O)NC2CCCCC2)c2cc(=O)[nH]c3ccccc23)cc1. The molecule has 1 aliphatic heterocycles. The number of anilines is 1. The second-order valence-corrected chi connectivity index (χ2v) is 12.0. The topological polar surface area (TPSA) is 94.3 Å². The summed E-state index contributed by atoms with van der Waals surface area (Å²) in [4.78, 5) is 45.9. The number of pyridine rings is 1. The van der Waals surface area contributed by atoms with Gasteiger partial charge >= 0.3 is 0 Å². The molecule has 206 valence electrons. The van der Waals surface area contributed by atoms with Crippen molar-refractivity contribution in [2.24, 2.45) is 0 Å². The van der Waals surface area contributed by atoms with Crippen molar-refractivity contribution in [1.82, 2.24) is 15.6 Å². The van der Waals surface area contributed by atoms with Gasteiger partial charge in [-0.2, -0.15) is 0 Å². The maximum atomic E-state index is 14.3. The van der Waals surface area contributed by atoms with Gasteiger partial charge < -0.3 is 15.6 Å². The number of carbonyl (C=O) groups is 2. The molecule has 1 saturated heterocycles. The average Bonchev–Trinajstić information content (AvgIpc) is 3.46. The van der Waals surface area contributed by atoms with Crippen molar-refractivity contribution < 1.29 is 9.59 Å². The van der Waals surface area contributed by atoms with Gasteiger partial charge in [0.15, 0.2) is 0 Å². The highest BCUT2D eigenvalue weighted by Gasteiger charge is 2.39. The Bertz CT molecular complexity index is 1380. The van der Waals surface area contributed by atoms with E-state index in [-0.39, 0.29) is 34.9 Å². The van der Waals surface area contributed by atoms with Crippen molar-refractivity contribution >= 4 is 28.4 Å². The minimum absolute atomic E-state index is 0.0545. The van der Waals surface area contributed by atoms with Gasteiger partial charge in [0.2, 0.25) is 17.4 Å². The lowest BCUT2D eigenvalue weighted by Crippen LogP contribution is -2.51. The lowest BCUT2D eigenvalue weighted by Gasteiger charge is -2.35. The van der Waals surface area contributed by atoms with Crippen LogP contribution in [0.2, 0.25) is 0 Å². The summed E-state index contributed by atoms with van der Waals surface area (Å²) in [7, 11) is 0. The highest BCUT2D eigenvalue weighted by Crippen LogP contribution is 2.34. The van der Waals surface area contributed by atoms with Gasteiger partial charge in [-0.25, -0.2) is 0 Å². The Hall–Kier alpha value is -3.45. The summed E-state index contributed by atoms with van der Waals surface area (Å²) in [6, 6.07) is 15.6. The number of fused-ring (bicyclic) bond motifs is 1. The van der Waals surface area contributed by atoms with Crippen LogP contribution >= 0.6 is 0 Å². The van der Waals surface area contributed by atoms with Crippen molar-refractivity contribution in [3.8, 4) is 0 Å². The molecule has 3 aromatic rings. The summed E-state index contributed by atoms with van der Waals surface area (Å²) in [5, 5.41) is 7.35. The third-order valence-corrected chi connectivity index (χ3v) is 8.14. The second kappa shape index (κ2) is 11.3. The molecule has 7 heteroatoms. The summed E-state index contributed by atoms with van der Waals surface area (Å²) in [6.45, 7) is 7.21. The molecule has 39 heavy (non-hydrogen) atoms. The van der Waals surface area contributed by atoms with Crippen LogP contribution in [0.4, 0.5) is 5.69 Å². The number of para-hydroxylation sites is 1. The zero-order valence-corrected chi connectivity index (χ0v) is 23.3. The smallest absolute Gasteiger partial charge is 0.248 e. The van der Waals surface area contributed by atoms with Crippen LogP contribution < -0.4 is 21.1 Å². The zero-order valence-electron chi connectivity index (χ0n) is 23.3. The Morgan fingerprint density at radius 3 is 2.33 bits per heavy atom. The molecule has 0 bridgehead atoms. The number of nitrogens with one attached hydrogen (secondary N) is 3. The molecule has 2 atom stereocenters. The number of nitrogens with zero attached hydrogens (tertiary/aromatic N) is 1. The first kappa shape index (κ1) is 27.1. The predicted molar refractivity (Wildman–Crippen MR) is 156 cm³/mol. The number of hydrogen-bond acceptors (Lipinski definition) is 4. The van der Waals surface area contributed by atoms with Crippen LogP contribution in [-0.4, -0.2) is 35.4 Å². The minimum Gasteiger partial charge on any atom is -0.351 e. The van der Waals surface area contributed by atoms with Gasteiger partial charge in [0, 0.05) is 28.7 Å². The van der Waals surface area contributed by atoms with Crippen LogP contribution in [0.25, 0.3) is 10.9 Å². The third-order valence-electron chi connectivity index (χ3n) is 8.14. The Balaban J connectivity index is 1.67. The number of benzene rings is 2. The van der Waals surface area contributed by atoms with Gasteiger partial charge in [-0.3, -0.25) is 19.3 Å². The number of H-pyrrole nitrogens is 1. The monoisotopic (exact) mass is 528 g/mol. The fourth-order valence-electron chi connectivity index (χ4n) is 5.97. The number of aromatic nitrogens is 1. The summed E-state index contributed by atoms with van der Waals surface area (Å²) >= 11 is 0. The molecule has 1 aromatic heterocycles. The highest BCUT2D eigenvalue weighted by molar-refractivity contribution is 6.05. The van der Waals surface area contributed by atoms with Crippen molar-refractivity contribution in [1.29, 1.82) is 0 Å². The van der Waals surface area contributed by atoms with Crippen LogP contribution in [0, 0.1) is 0 Å². The highest BCUT2D eigenvalue weighted by atomic mass is 16.2. The van der Waals surface area contributed by atoms with Crippen molar-refractivity contribution in [2.75, 3.05) is 11.4 Å². The van der Waals surface area contributed by atoms with Crippen LogP contribution in [0.15, 0.2) is 59.4 Å². The van der Waals surface area contributed by atoms with Gasteiger partial charge in [0.05, 0.1) is 6.04 Å². The first-order valence-electron chi connectivity index (χ1n) is 14.3. The van der Waals surface area contributed by atoms with Crippen molar-refractivity contribution in [2.45, 2.75) is 89.3 Å². The molecule has 5 rings (SSSR count). The first-order chi connectivity index (χ1) is 18.7. The van der Waals surface area contributed by atoms with Gasteiger partial charge in [-0.05, 0) is 67.0 Å². The lowest BCUT2D eigenvalue weighted by atomic mass is 9.87. The molecule has 0 spiro atoms. The lowest BCUT2D eigenvalue weighted by molar-refractivity contribution is -0.127. The maximum Gasteiger partial charge on any atom is 0.248 e. The Kier molecular flexibility index (Phi) is 7.89. The van der Waals surface area contributed by atoms with E-state index in [1.807, 2.05) is 48.5 Å². The van der Waals surface area contributed by atoms with E-state index in [0.717, 1.165) is 49.6 Å². The van der Waals surface area contributed by atoms with Gasteiger partial charge in [-0.15, -0.1) is 0 Å². The summed E-state index contributed by atoms with van der Waals surface area (Å²) in [5.74, 6) is -0.395. The van der Waals surface area contributed by atoms with E-state index in [1.54, 1.807) is 4.90 Å². The molecule has 1 saturated carbocycles. The molecule has 2 aromatic carbocycles. The number of aromatic amines is 1. The third kappa shape index (κ3) is 5.93. The van der Waals surface area contributed by atoms with Gasteiger partial charge in [-0.1, -0.05) is 70.4 Å². The summed E-state index contributed by atoms with van der Waals surface area (Å²) < 4.78 is 0. The fraction of sp³-hybridized carbons (Fsp3) is 0.469. The number of amides is 2. The first-order valence-corrected chi connectivity index (χ1v) is 14.3. The number of hydrogen-bond donors (Lipinski definition) is 3. The molecule has 1 aliphatic carbocycles.